The van der Waals surface area contributed by atoms with Gasteiger partial charge in [0.2, 0.25) is 0 Å². The molecule has 26 atom stereocenters. The number of aliphatic hydroxyl groups excluding tert-OH is 7. The highest BCUT2D eigenvalue weighted by Gasteiger charge is 2.59. The Hall–Kier alpha value is -3.84. The van der Waals surface area contributed by atoms with Crippen molar-refractivity contribution in [3.05, 3.63) is 42.0 Å². The van der Waals surface area contributed by atoms with Gasteiger partial charge in [-0.2, -0.15) is 0 Å². The second kappa shape index (κ2) is 40.0. The third-order valence-electron chi connectivity index (χ3n) is 19.1. The minimum absolute atomic E-state index is 0.0436. The van der Waals surface area contributed by atoms with E-state index < -0.39 is 183 Å². The van der Waals surface area contributed by atoms with Crippen LogP contribution >= 0.6 is 0 Å². The van der Waals surface area contributed by atoms with Gasteiger partial charge in [-0.3, -0.25) is 14.4 Å². The molecule has 6 saturated heterocycles. The Morgan fingerprint density at radius 2 is 1.04 bits per heavy atom. The Morgan fingerprint density at radius 1 is 0.490 bits per heavy atom. The molecule has 0 aromatic heterocycles. The standard InChI is InChI=1S/C71H114O25/c1-10-12-14-15-16-17-20-23-31-37-49(73)91-65-64(96-67-55(79)53(77)51(75)41(5)83-67)60(93-68-56(80)61(58(43(7)85-68)92-66(82)40(3)4)90-50(74)39-38-46-32-27-25-28-33-46)45(9)87-71(65)94-59-44(8)86-69-57(81)62(59)89-48(72)36-30-24-21-18-19-22-29-35-47(34-26-13-11-2)88-70-63(95-69)54(78)52(76)42(6)84-70/h25,27-28,32-33,38-45,47,51-65,67-71,75-81H,10-24,26,29-31,34-37H2,1-9H3. The zero-order valence-electron chi connectivity index (χ0n) is 57.9. The Kier molecular flexibility index (Phi) is 33.1. The molecule has 96 heavy (non-hydrogen) atoms. The summed E-state index contributed by atoms with van der Waals surface area (Å²) in [5.41, 5.74) is 0.664. The van der Waals surface area contributed by atoms with Crippen LogP contribution in [0.1, 0.15) is 216 Å². The van der Waals surface area contributed by atoms with Gasteiger partial charge in [-0.15, -0.1) is 0 Å². The number of hydrogen-bond donors (Lipinski definition) is 7. The fourth-order valence-electron chi connectivity index (χ4n) is 13.2. The highest BCUT2D eigenvalue weighted by atomic mass is 16.8. The molecule has 25 heteroatoms. The average molecular weight is 1370 g/mol. The number of carbonyl (C=O) groups excluding carboxylic acids is 4. The van der Waals surface area contributed by atoms with Crippen LogP contribution in [0.3, 0.4) is 0 Å². The molecule has 7 rings (SSSR count). The molecule has 7 N–H and O–H groups in total. The zero-order chi connectivity index (χ0) is 69.6. The third kappa shape index (κ3) is 22.8. The van der Waals surface area contributed by atoms with Gasteiger partial charge in [-0.1, -0.05) is 167 Å². The molecule has 0 amide bonds. The molecule has 2 bridgehead atoms. The number of benzene rings is 1. The van der Waals surface area contributed by atoms with Crippen molar-refractivity contribution in [3.63, 3.8) is 0 Å². The van der Waals surface area contributed by atoms with Crippen molar-refractivity contribution in [1.82, 2.24) is 0 Å². The number of aliphatic hydroxyl groups is 7. The van der Waals surface area contributed by atoms with E-state index in [-0.39, 0.29) is 18.9 Å². The van der Waals surface area contributed by atoms with Crippen molar-refractivity contribution in [2.75, 3.05) is 0 Å². The van der Waals surface area contributed by atoms with Crippen LogP contribution in [0.15, 0.2) is 36.4 Å². The molecule has 548 valence electrons. The molecule has 6 heterocycles. The van der Waals surface area contributed by atoms with Crippen LogP contribution in [0.2, 0.25) is 0 Å². The highest BCUT2D eigenvalue weighted by molar-refractivity contribution is 5.87. The van der Waals surface area contributed by atoms with Gasteiger partial charge in [-0.05, 0) is 71.9 Å². The quantitative estimate of drug-likeness (QED) is 0.0208. The Bertz CT molecular complexity index is 2470. The maximum atomic E-state index is 14.6. The Labute approximate surface area is 566 Å². The fraction of sp³-hybridized carbons (Fsp3) is 0.831. The van der Waals surface area contributed by atoms with Gasteiger partial charge in [0.1, 0.15) is 67.1 Å². The molecule has 6 aliphatic rings. The van der Waals surface area contributed by atoms with Crippen molar-refractivity contribution in [2.45, 2.75) is 370 Å². The molecule has 1 aromatic rings. The minimum atomic E-state index is -1.95. The van der Waals surface area contributed by atoms with Crippen LogP contribution in [0.25, 0.3) is 6.08 Å². The minimum Gasteiger partial charge on any atom is -0.456 e. The first-order valence-corrected chi connectivity index (χ1v) is 35.9. The predicted molar refractivity (Wildman–Crippen MR) is 345 cm³/mol. The Balaban J connectivity index is 1.25. The summed E-state index contributed by atoms with van der Waals surface area (Å²) in [6.45, 7) is 15.1. The van der Waals surface area contributed by atoms with Crippen LogP contribution in [-0.2, 0) is 85.5 Å². The normalized spacial score (nSPS) is 38.5. The summed E-state index contributed by atoms with van der Waals surface area (Å²) in [6.07, 6.45) is -18.2. The largest absolute Gasteiger partial charge is 0.456 e. The number of unbranched alkanes of at least 4 members (excludes halogenated alkanes) is 10. The van der Waals surface area contributed by atoms with Crippen molar-refractivity contribution >= 4 is 30.0 Å². The summed E-state index contributed by atoms with van der Waals surface area (Å²) >= 11 is 0. The molecule has 6 fully saturated rings. The number of ether oxygens (including phenoxy) is 14. The van der Waals surface area contributed by atoms with Crippen LogP contribution in [-0.4, -0.2) is 219 Å². The maximum absolute atomic E-state index is 14.6. The molecule has 25 nitrogen and oxygen atoms in total. The molecular formula is C71H114O25. The summed E-state index contributed by atoms with van der Waals surface area (Å²) in [5.74, 6) is -3.71. The lowest BCUT2D eigenvalue weighted by Crippen LogP contribution is -2.68. The lowest BCUT2D eigenvalue weighted by molar-refractivity contribution is -0.399. The van der Waals surface area contributed by atoms with Gasteiger partial charge in [0.15, 0.2) is 55.9 Å². The van der Waals surface area contributed by atoms with Gasteiger partial charge < -0.3 is 102 Å². The van der Waals surface area contributed by atoms with E-state index in [4.69, 9.17) is 66.3 Å². The maximum Gasteiger partial charge on any atom is 0.331 e. The summed E-state index contributed by atoms with van der Waals surface area (Å²) in [7, 11) is 0. The van der Waals surface area contributed by atoms with Gasteiger partial charge in [0.05, 0.1) is 42.5 Å². The van der Waals surface area contributed by atoms with E-state index in [9.17, 15) is 54.9 Å². The fourth-order valence-corrected chi connectivity index (χ4v) is 13.2. The second-order valence-corrected chi connectivity index (χ2v) is 27.3. The number of esters is 4. The van der Waals surface area contributed by atoms with E-state index in [0.29, 0.717) is 37.7 Å². The molecule has 1 aromatic carbocycles. The van der Waals surface area contributed by atoms with Crippen molar-refractivity contribution in [1.29, 1.82) is 0 Å². The summed E-state index contributed by atoms with van der Waals surface area (Å²) in [6, 6.07) is 8.89. The van der Waals surface area contributed by atoms with Crippen LogP contribution in [0.5, 0.6) is 0 Å². The van der Waals surface area contributed by atoms with E-state index in [0.717, 1.165) is 109 Å². The third-order valence-corrected chi connectivity index (χ3v) is 19.1. The van der Waals surface area contributed by atoms with Crippen LogP contribution in [0.4, 0.5) is 0 Å². The second-order valence-electron chi connectivity index (χ2n) is 27.3. The molecule has 0 spiro atoms. The monoisotopic (exact) mass is 1370 g/mol. The van der Waals surface area contributed by atoms with Crippen molar-refractivity contribution < 1.29 is 121 Å². The lowest BCUT2D eigenvalue weighted by Gasteiger charge is -2.51. The van der Waals surface area contributed by atoms with Crippen LogP contribution in [0, 0.1) is 5.92 Å². The summed E-state index contributed by atoms with van der Waals surface area (Å²) in [5, 5.41) is 81.8. The van der Waals surface area contributed by atoms with E-state index >= 15 is 0 Å². The lowest BCUT2D eigenvalue weighted by atomic mass is 9.95. The van der Waals surface area contributed by atoms with Gasteiger partial charge in [0.25, 0.3) is 0 Å². The van der Waals surface area contributed by atoms with Gasteiger partial charge >= 0.3 is 23.9 Å². The van der Waals surface area contributed by atoms with Gasteiger partial charge in [0, 0.05) is 18.9 Å². The van der Waals surface area contributed by atoms with E-state index in [2.05, 4.69) is 13.8 Å². The number of hydrogen-bond acceptors (Lipinski definition) is 25. The van der Waals surface area contributed by atoms with E-state index in [1.54, 1.807) is 52.0 Å². The summed E-state index contributed by atoms with van der Waals surface area (Å²) in [4.78, 5) is 55.7. The molecule has 0 radical (unpaired) electrons. The molecule has 0 saturated carbocycles. The van der Waals surface area contributed by atoms with E-state index in [1.807, 2.05) is 6.07 Å². The number of fused-ring (bicyclic) bond motifs is 3. The smallest absolute Gasteiger partial charge is 0.331 e. The zero-order valence-corrected chi connectivity index (χ0v) is 57.9. The molecule has 6 aliphatic heterocycles. The van der Waals surface area contributed by atoms with Gasteiger partial charge in [-0.25, -0.2) is 4.79 Å². The first-order chi connectivity index (χ1) is 46.0. The predicted octanol–water partition coefficient (Wildman–Crippen LogP) is 7.21. The topological polar surface area (TPSA) is 339 Å². The van der Waals surface area contributed by atoms with Crippen molar-refractivity contribution in [2.24, 2.45) is 5.92 Å². The number of carbonyl (C=O) groups is 4. The van der Waals surface area contributed by atoms with E-state index in [1.165, 1.54) is 26.8 Å². The highest BCUT2D eigenvalue weighted by Crippen LogP contribution is 2.40. The van der Waals surface area contributed by atoms with Crippen LogP contribution < -0.4 is 0 Å². The Morgan fingerprint density at radius 3 is 1.73 bits per heavy atom. The first kappa shape index (κ1) is 79.5. The molecular weight excluding hydrogens is 1250 g/mol. The average Bonchev–Trinajstić information content (AvgIpc) is 0.770. The molecule has 26 unspecified atom stereocenters. The SMILES string of the molecule is CCCCCCCCCCCC(=O)OC1C(OC2C(C)OC3OC4C(OC(CCCCC)CCCCCCCCCC(=O)OC2C3O)OC(C)C(O)C4O)OC(C)C(OC2OC(C)C(OC(=O)C(C)C)C(OC(=O)C=Cc3ccccc3)C2O)C1OC1OC(C)C(O)C(O)C1O. The first-order valence-electron chi connectivity index (χ1n) is 35.9. The molecule has 0 aliphatic carbocycles. The van der Waals surface area contributed by atoms with Crippen molar-refractivity contribution in [3.8, 4) is 0 Å². The number of rotatable bonds is 26. The summed E-state index contributed by atoms with van der Waals surface area (Å²) < 4.78 is 89.6.